The Morgan fingerprint density at radius 3 is 0.842 bits per heavy atom. The second-order valence-corrected chi connectivity index (χ2v) is 27.3. The van der Waals surface area contributed by atoms with Crippen molar-refractivity contribution in [2.75, 3.05) is 47.5 Å². The van der Waals surface area contributed by atoms with Crippen LogP contribution < -0.4 is 0 Å². The van der Waals surface area contributed by atoms with E-state index in [0.29, 0.717) is 17.4 Å². The number of quaternary nitrogens is 1. The lowest BCUT2D eigenvalue weighted by Gasteiger charge is -2.25. The molecule has 0 radical (unpaired) electrons. The lowest BCUT2D eigenvalue weighted by atomic mass is 10.0. The van der Waals surface area contributed by atoms with E-state index in [9.17, 15) is 19.5 Å². The predicted molar refractivity (Wildman–Crippen MR) is 410 cm³/mol. The van der Waals surface area contributed by atoms with Crippen molar-refractivity contribution in [3.63, 3.8) is 0 Å². The number of ether oxygens (including phenoxy) is 4. The zero-order chi connectivity index (χ0) is 69.0. The Bertz CT molecular complexity index is 2030. The van der Waals surface area contributed by atoms with Gasteiger partial charge in [0, 0.05) is 12.8 Å². The summed E-state index contributed by atoms with van der Waals surface area (Å²) < 4.78 is 23.1. The van der Waals surface area contributed by atoms with Crippen molar-refractivity contribution in [1.82, 2.24) is 0 Å². The number of hydrogen-bond acceptors (Lipinski definition) is 7. The molecule has 0 aromatic heterocycles. The summed E-state index contributed by atoms with van der Waals surface area (Å²) in [5.74, 6) is -1.99. The lowest BCUT2D eigenvalue weighted by molar-refractivity contribution is -0.870. The Balaban J connectivity index is 4.03. The van der Waals surface area contributed by atoms with Gasteiger partial charge in [-0.05, 0) is 109 Å². The van der Waals surface area contributed by atoms with Gasteiger partial charge in [0.05, 0.1) is 34.4 Å². The van der Waals surface area contributed by atoms with Crippen LogP contribution in [0.3, 0.4) is 0 Å². The number of unbranched alkanes of at least 4 members (excludes halogenated alkanes) is 35. The van der Waals surface area contributed by atoms with Crippen molar-refractivity contribution in [2.45, 2.75) is 347 Å². The number of allylic oxidation sites excluding steroid dienone is 22. The molecule has 0 amide bonds. The molecular weight excluding hydrogens is 1170 g/mol. The van der Waals surface area contributed by atoms with Gasteiger partial charge in [-0.3, -0.25) is 9.59 Å². The number of likely N-dealkylation sites (N-methyl/N-ethyl adjacent to an activating group) is 1. The lowest BCUT2D eigenvalue weighted by Crippen LogP contribution is -2.40. The summed E-state index contributed by atoms with van der Waals surface area (Å²) in [5.41, 5.74) is 0. The monoisotopic (exact) mass is 1320 g/mol. The molecule has 0 heterocycles. The fraction of sp³-hybridized carbons (Fsp3) is 0.709. The number of carbonyl (C=O) groups is 3. The third kappa shape index (κ3) is 76.7. The molecule has 0 spiro atoms. The van der Waals surface area contributed by atoms with Crippen LogP contribution in [0, 0.1) is 0 Å². The highest BCUT2D eigenvalue weighted by Gasteiger charge is 2.25. The van der Waals surface area contributed by atoms with Gasteiger partial charge in [-0.1, -0.05) is 347 Å². The summed E-state index contributed by atoms with van der Waals surface area (Å²) in [7, 11) is 5.99. The molecule has 0 aliphatic rings. The maximum absolute atomic E-state index is 13.0. The Kier molecular flexibility index (Phi) is 71.6. The van der Waals surface area contributed by atoms with Gasteiger partial charge in [0.15, 0.2) is 6.10 Å². The highest BCUT2D eigenvalue weighted by Crippen LogP contribution is 2.18. The van der Waals surface area contributed by atoms with Gasteiger partial charge in [-0.25, -0.2) is 4.79 Å². The minimum Gasteiger partial charge on any atom is -0.477 e. The third-order valence-corrected chi connectivity index (χ3v) is 16.9. The second kappa shape index (κ2) is 75.2. The molecule has 0 aromatic carbocycles. The topological polar surface area (TPSA) is 108 Å². The SMILES string of the molecule is CC/C=C\C/C=C\C/C=C\C/C=C\C/C=C\C/C=C\CCCCCCCCCCCCCCCCCCC(=O)OC(COC(=O)CCCCCCCCCCCCCCCCCCCCC/C=C\C/C=C\C/C=C\C/C=C\C/C=C\CC)COC(OCC[N+](C)(C)C)C(=O)O. The summed E-state index contributed by atoms with van der Waals surface area (Å²) in [6, 6.07) is 0. The van der Waals surface area contributed by atoms with E-state index < -0.39 is 24.3 Å². The molecule has 1 N–H and O–H groups in total. The van der Waals surface area contributed by atoms with Crippen molar-refractivity contribution in [1.29, 1.82) is 0 Å². The first-order valence-electron chi connectivity index (χ1n) is 39.3. The van der Waals surface area contributed by atoms with Crippen molar-refractivity contribution < 1.29 is 42.9 Å². The molecule has 544 valence electrons. The minimum atomic E-state index is -1.52. The van der Waals surface area contributed by atoms with Crippen molar-refractivity contribution in [3.05, 3.63) is 134 Å². The fourth-order valence-electron chi connectivity index (χ4n) is 11.0. The largest absolute Gasteiger partial charge is 0.477 e. The summed E-state index contributed by atoms with van der Waals surface area (Å²) in [5, 5.41) is 9.77. The van der Waals surface area contributed by atoms with Crippen LogP contribution in [0.4, 0.5) is 0 Å². The zero-order valence-electron chi connectivity index (χ0n) is 62.3. The van der Waals surface area contributed by atoms with E-state index in [4.69, 9.17) is 18.9 Å². The molecule has 9 nitrogen and oxygen atoms in total. The van der Waals surface area contributed by atoms with Gasteiger partial charge in [-0.2, -0.15) is 0 Å². The van der Waals surface area contributed by atoms with Crippen molar-refractivity contribution >= 4 is 17.9 Å². The molecule has 95 heavy (non-hydrogen) atoms. The maximum atomic E-state index is 13.0. The molecule has 2 unspecified atom stereocenters. The molecule has 0 aliphatic carbocycles. The highest BCUT2D eigenvalue weighted by molar-refractivity contribution is 5.71. The standard InChI is InChI=1S/C86H147NO8/c1-6-8-10-12-14-16-18-20-22-24-26-28-30-32-34-36-38-40-42-44-46-48-50-52-54-56-58-60-62-64-66-68-70-72-74-76-83(88)93-80-82(81-94-86(85(90)91)92-79-78-87(3,4)5)95-84(89)77-75-73-71-69-67-65-63-61-59-57-55-53-51-49-47-45-43-41-39-37-35-33-31-29-27-25-23-21-19-17-15-13-11-9-7-2/h8-11,14-17,20-23,26-29,32-35,39,41,82,86H,6-7,12-13,18-19,24-25,30-31,36-38,40,42-81H2,1-5H3/p+1/b10-8-,11-9-,16-14-,17-15-,22-20-,23-21-,28-26-,29-27-,34-32-,35-33-,41-39-. The quantitative estimate of drug-likeness (QED) is 0.0211. The van der Waals surface area contributed by atoms with E-state index in [1.165, 1.54) is 199 Å². The maximum Gasteiger partial charge on any atom is 0.361 e. The number of esters is 2. The molecule has 0 aliphatic heterocycles. The molecule has 0 rings (SSSR count). The molecule has 0 saturated carbocycles. The van der Waals surface area contributed by atoms with E-state index in [2.05, 4.69) is 148 Å². The van der Waals surface area contributed by atoms with E-state index >= 15 is 0 Å². The number of carbonyl (C=O) groups excluding carboxylic acids is 2. The average molecular weight is 1320 g/mol. The summed E-state index contributed by atoms with van der Waals surface area (Å²) in [4.78, 5) is 37.7. The Morgan fingerprint density at radius 2 is 0.568 bits per heavy atom. The Labute approximate surface area is 586 Å². The first-order valence-corrected chi connectivity index (χ1v) is 39.3. The van der Waals surface area contributed by atoms with Crippen LogP contribution in [-0.2, 0) is 33.3 Å². The van der Waals surface area contributed by atoms with Gasteiger partial charge < -0.3 is 28.5 Å². The van der Waals surface area contributed by atoms with E-state index in [-0.39, 0.29) is 32.2 Å². The van der Waals surface area contributed by atoms with Crippen LogP contribution in [0.5, 0.6) is 0 Å². The number of rotatable bonds is 72. The first kappa shape index (κ1) is 90.4. The van der Waals surface area contributed by atoms with Gasteiger partial charge in [0.2, 0.25) is 0 Å². The van der Waals surface area contributed by atoms with Crippen LogP contribution in [0.2, 0.25) is 0 Å². The molecule has 0 saturated heterocycles. The number of nitrogens with zero attached hydrogens (tertiary/aromatic N) is 1. The van der Waals surface area contributed by atoms with E-state index in [0.717, 1.165) is 109 Å². The molecule has 0 fully saturated rings. The molecule has 9 heteroatoms. The van der Waals surface area contributed by atoms with Crippen LogP contribution >= 0.6 is 0 Å². The smallest absolute Gasteiger partial charge is 0.361 e. The van der Waals surface area contributed by atoms with E-state index in [1.807, 2.05) is 21.1 Å². The number of hydrogen-bond donors (Lipinski definition) is 1. The fourth-order valence-corrected chi connectivity index (χ4v) is 11.0. The zero-order valence-corrected chi connectivity index (χ0v) is 62.3. The third-order valence-electron chi connectivity index (χ3n) is 16.9. The van der Waals surface area contributed by atoms with E-state index in [1.54, 1.807) is 0 Å². The summed E-state index contributed by atoms with van der Waals surface area (Å²) >= 11 is 0. The highest BCUT2D eigenvalue weighted by atomic mass is 16.7. The normalized spacial score (nSPS) is 13.4. The predicted octanol–water partition coefficient (Wildman–Crippen LogP) is 25.3. The molecule has 0 aromatic rings. The minimum absolute atomic E-state index is 0.184. The van der Waals surface area contributed by atoms with Gasteiger partial charge >= 0.3 is 17.9 Å². The van der Waals surface area contributed by atoms with Crippen molar-refractivity contribution in [3.8, 4) is 0 Å². The number of carboxylic acids is 1. The number of carboxylic acid groups (broad SMARTS) is 1. The van der Waals surface area contributed by atoms with Crippen LogP contribution in [-0.4, -0.2) is 87.4 Å². The Morgan fingerprint density at radius 1 is 0.316 bits per heavy atom. The van der Waals surface area contributed by atoms with Crippen molar-refractivity contribution in [2.24, 2.45) is 0 Å². The Hall–Kier alpha value is -4.57. The van der Waals surface area contributed by atoms with Gasteiger partial charge in [0.1, 0.15) is 13.2 Å². The summed E-state index contributed by atoms with van der Waals surface area (Å²) in [6.45, 7) is 4.68. The van der Waals surface area contributed by atoms with Crippen LogP contribution in [0.15, 0.2) is 134 Å². The van der Waals surface area contributed by atoms with Crippen LogP contribution in [0.25, 0.3) is 0 Å². The van der Waals surface area contributed by atoms with Gasteiger partial charge in [-0.15, -0.1) is 0 Å². The number of aliphatic carboxylic acids is 1. The van der Waals surface area contributed by atoms with Crippen LogP contribution in [0.1, 0.15) is 335 Å². The second-order valence-electron chi connectivity index (χ2n) is 27.3. The molecule has 2 atom stereocenters. The average Bonchev–Trinajstić information content (AvgIpc) is 3.58. The summed E-state index contributed by atoms with van der Waals surface area (Å²) in [6.07, 6.45) is 106. The molecule has 0 bridgehead atoms. The van der Waals surface area contributed by atoms with Gasteiger partial charge in [0.25, 0.3) is 6.29 Å². The first-order chi connectivity index (χ1) is 46.6. The molecular formula is C86H148NO8+.